The molecule has 0 spiro atoms. The van der Waals surface area contributed by atoms with E-state index in [0.717, 1.165) is 24.3 Å². The quantitative estimate of drug-likeness (QED) is 0.585. The summed E-state index contributed by atoms with van der Waals surface area (Å²) in [6, 6.07) is 7.51. The average Bonchev–Trinajstić information content (AvgIpc) is 2.38. The van der Waals surface area contributed by atoms with Gasteiger partial charge in [-0.15, -0.1) is 0 Å². The zero-order valence-electron chi connectivity index (χ0n) is 10.8. The molecule has 0 saturated carbocycles. The molecule has 0 N–H and O–H groups in total. The molecular weight excluding hydrogens is 212 g/mol. The molecule has 0 bridgehead atoms. The predicted octanol–water partition coefficient (Wildman–Crippen LogP) is 4.36. The second-order valence-corrected chi connectivity index (χ2v) is 4.37. The van der Waals surface area contributed by atoms with Crippen molar-refractivity contribution in [3.63, 3.8) is 0 Å². The highest BCUT2D eigenvalue weighted by Gasteiger charge is 2.01. The Labute approximate surface area is 105 Å². The summed E-state index contributed by atoms with van der Waals surface area (Å²) in [4.78, 5) is 0. The second-order valence-electron chi connectivity index (χ2n) is 4.37. The van der Waals surface area contributed by atoms with Gasteiger partial charge in [0.25, 0.3) is 0 Å². The Morgan fingerprint density at radius 1 is 1.00 bits per heavy atom. The summed E-state index contributed by atoms with van der Waals surface area (Å²) in [5.74, 6) is 0.760. The minimum absolute atomic E-state index is 0.202. The lowest BCUT2D eigenvalue weighted by Gasteiger charge is -2.09. The van der Waals surface area contributed by atoms with E-state index in [1.807, 2.05) is 24.3 Å². The zero-order valence-corrected chi connectivity index (χ0v) is 10.8. The summed E-state index contributed by atoms with van der Waals surface area (Å²) in [5.41, 5.74) is 0.762. The third kappa shape index (κ3) is 5.73. The normalized spacial score (nSPS) is 10.5. The summed E-state index contributed by atoms with van der Waals surface area (Å²) in [7, 11) is 0. The molecule has 17 heavy (non-hydrogen) atoms. The molecule has 0 saturated heterocycles. The lowest BCUT2D eigenvalue weighted by atomic mass is 10.1. The fourth-order valence-electron chi connectivity index (χ4n) is 1.83. The minimum atomic E-state index is -0.202. The van der Waals surface area contributed by atoms with Crippen LogP contribution in [0, 0.1) is 0 Å². The van der Waals surface area contributed by atoms with Crippen molar-refractivity contribution in [3.8, 4) is 5.75 Å². The van der Waals surface area contributed by atoms with Gasteiger partial charge in [-0.1, -0.05) is 57.2 Å². The van der Waals surface area contributed by atoms with E-state index in [4.69, 9.17) is 4.74 Å². The van der Waals surface area contributed by atoms with Crippen LogP contribution >= 0.6 is 0 Å². The van der Waals surface area contributed by atoms with Gasteiger partial charge in [0.2, 0.25) is 0 Å². The van der Waals surface area contributed by atoms with E-state index in [2.05, 4.69) is 6.92 Å². The zero-order chi connectivity index (χ0) is 12.3. The van der Waals surface area contributed by atoms with Gasteiger partial charge in [0.15, 0.2) is 0 Å². The Bertz CT molecular complexity index is 297. The Balaban J connectivity index is 2.13. The van der Waals surface area contributed by atoms with Crippen LogP contribution in [0.25, 0.3) is 0 Å². The molecule has 1 rings (SSSR count). The maximum atomic E-state index is 10.9. The van der Waals surface area contributed by atoms with Crippen molar-refractivity contribution in [2.75, 3.05) is 6.61 Å². The van der Waals surface area contributed by atoms with Gasteiger partial charge >= 0.3 is 0 Å². The van der Waals surface area contributed by atoms with Crippen molar-refractivity contribution in [3.05, 3.63) is 29.8 Å². The molecule has 0 unspecified atom stereocenters. The van der Waals surface area contributed by atoms with Crippen molar-refractivity contribution in [1.29, 1.82) is 0 Å². The van der Waals surface area contributed by atoms with Crippen molar-refractivity contribution in [2.45, 2.75) is 52.1 Å². The number of hydrogen-bond acceptors (Lipinski definition) is 1. The SMILES string of the molecule is CCCCCCCCOc1ccccc1C[O]. The highest BCUT2D eigenvalue weighted by Crippen LogP contribution is 2.18. The lowest BCUT2D eigenvalue weighted by Crippen LogP contribution is -2.00. The first-order valence-electron chi connectivity index (χ1n) is 6.67. The van der Waals surface area contributed by atoms with E-state index in [1.165, 1.54) is 32.1 Å². The fraction of sp³-hybridized carbons (Fsp3) is 0.600. The van der Waals surface area contributed by atoms with E-state index in [0.29, 0.717) is 0 Å². The van der Waals surface area contributed by atoms with Crippen LogP contribution in [-0.2, 0) is 11.7 Å². The molecular formula is C15H23O2. The first kappa shape index (κ1) is 14.0. The standard InChI is InChI=1S/C15H23O2/c1-2-3-4-5-6-9-12-17-15-11-8-7-10-14(15)13-16/h7-8,10-11H,2-6,9,12-13H2,1H3. The molecule has 0 atom stereocenters. The summed E-state index contributed by atoms with van der Waals surface area (Å²) in [6.07, 6.45) is 7.54. The van der Waals surface area contributed by atoms with Crippen LogP contribution in [0.2, 0.25) is 0 Å². The maximum absolute atomic E-state index is 10.9. The smallest absolute Gasteiger partial charge is 0.124 e. The van der Waals surface area contributed by atoms with Gasteiger partial charge in [0, 0.05) is 5.56 Å². The molecule has 0 aromatic heterocycles. The summed E-state index contributed by atoms with van der Waals surface area (Å²) < 4.78 is 5.63. The summed E-state index contributed by atoms with van der Waals surface area (Å²) in [5, 5.41) is 10.9. The molecule has 95 valence electrons. The van der Waals surface area contributed by atoms with Gasteiger partial charge in [0.1, 0.15) is 12.4 Å². The van der Waals surface area contributed by atoms with E-state index in [1.54, 1.807) is 0 Å². The summed E-state index contributed by atoms with van der Waals surface area (Å²) >= 11 is 0. The number of hydrogen-bond donors (Lipinski definition) is 0. The highest BCUT2D eigenvalue weighted by molar-refractivity contribution is 5.32. The molecule has 1 aromatic rings. The number of para-hydroxylation sites is 1. The van der Waals surface area contributed by atoms with Gasteiger partial charge in [-0.05, 0) is 12.5 Å². The molecule has 0 aliphatic heterocycles. The molecule has 0 fully saturated rings. The van der Waals surface area contributed by atoms with Crippen molar-refractivity contribution in [2.24, 2.45) is 0 Å². The number of rotatable bonds is 9. The highest BCUT2D eigenvalue weighted by atomic mass is 16.5. The Kier molecular flexibility index (Phi) is 7.48. The predicted molar refractivity (Wildman–Crippen MR) is 69.7 cm³/mol. The summed E-state index contributed by atoms with van der Waals surface area (Å²) in [6.45, 7) is 2.75. The van der Waals surface area contributed by atoms with Gasteiger partial charge in [-0.3, -0.25) is 0 Å². The van der Waals surface area contributed by atoms with Crippen LogP contribution in [0.4, 0.5) is 0 Å². The molecule has 2 nitrogen and oxygen atoms in total. The van der Waals surface area contributed by atoms with Crippen LogP contribution in [-0.4, -0.2) is 6.61 Å². The third-order valence-electron chi connectivity index (χ3n) is 2.88. The molecule has 0 amide bonds. The van der Waals surface area contributed by atoms with E-state index in [-0.39, 0.29) is 6.61 Å². The molecule has 1 radical (unpaired) electrons. The fourth-order valence-corrected chi connectivity index (χ4v) is 1.83. The second kappa shape index (κ2) is 9.06. The number of unbranched alkanes of at least 4 members (excludes halogenated alkanes) is 5. The average molecular weight is 235 g/mol. The van der Waals surface area contributed by atoms with E-state index >= 15 is 0 Å². The number of benzene rings is 1. The van der Waals surface area contributed by atoms with Crippen LogP contribution < -0.4 is 4.74 Å². The van der Waals surface area contributed by atoms with Gasteiger partial charge in [0.05, 0.1) is 6.61 Å². The van der Waals surface area contributed by atoms with Crippen LogP contribution in [0.1, 0.15) is 51.0 Å². The molecule has 0 aliphatic carbocycles. The molecule has 0 heterocycles. The Hall–Kier alpha value is -1.02. The Morgan fingerprint density at radius 2 is 1.71 bits per heavy atom. The van der Waals surface area contributed by atoms with Crippen LogP contribution in [0.5, 0.6) is 5.75 Å². The van der Waals surface area contributed by atoms with Crippen molar-refractivity contribution >= 4 is 0 Å². The minimum Gasteiger partial charge on any atom is -0.493 e. The molecule has 1 aromatic carbocycles. The molecule has 0 aliphatic rings. The van der Waals surface area contributed by atoms with E-state index < -0.39 is 0 Å². The Morgan fingerprint density at radius 3 is 2.47 bits per heavy atom. The molecule has 2 heteroatoms. The van der Waals surface area contributed by atoms with Gasteiger partial charge in [-0.25, -0.2) is 5.11 Å². The van der Waals surface area contributed by atoms with Crippen molar-refractivity contribution in [1.82, 2.24) is 0 Å². The van der Waals surface area contributed by atoms with Crippen molar-refractivity contribution < 1.29 is 9.84 Å². The van der Waals surface area contributed by atoms with Crippen LogP contribution in [0.15, 0.2) is 24.3 Å². The topological polar surface area (TPSA) is 29.1 Å². The third-order valence-corrected chi connectivity index (χ3v) is 2.88. The first-order valence-corrected chi connectivity index (χ1v) is 6.67. The van der Waals surface area contributed by atoms with Gasteiger partial charge < -0.3 is 4.74 Å². The van der Waals surface area contributed by atoms with Crippen LogP contribution in [0.3, 0.4) is 0 Å². The largest absolute Gasteiger partial charge is 0.493 e. The lowest BCUT2D eigenvalue weighted by molar-refractivity contribution is 0.172. The van der Waals surface area contributed by atoms with Gasteiger partial charge in [-0.2, -0.15) is 0 Å². The van der Waals surface area contributed by atoms with E-state index in [9.17, 15) is 5.11 Å². The number of ether oxygens (including phenoxy) is 1. The first-order chi connectivity index (χ1) is 8.38. The maximum Gasteiger partial charge on any atom is 0.124 e. The monoisotopic (exact) mass is 235 g/mol.